The van der Waals surface area contributed by atoms with Crippen molar-refractivity contribution < 1.29 is 14.6 Å². The fourth-order valence-electron chi connectivity index (χ4n) is 1.58. The minimum Gasteiger partial charge on any atom is -0.494 e. The van der Waals surface area contributed by atoms with E-state index in [1.165, 1.54) is 11.1 Å². The van der Waals surface area contributed by atoms with Crippen LogP contribution in [0.4, 0.5) is 0 Å². The summed E-state index contributed by atoms with van der Waals surface area (Å²) in [6, 6.07) is 5.97. The van der Waals surface area contributed by atoms with Gasteiger partial charge in [0, 0.05) is 13.0 Å². The second kappa shape index (κ2) is 7.79. The number of aryl methyl sites for hydroxylation is 2. The Kier molecular flexibility index (Phi) is 6.36. The minimum atomic E-state index is -0.504. The maximum absolute atomic E-state index is 11.4. The molecule has 2 N–H and O–H groups in total. The van der Waals surface area contributed by atoms with Crippen molar-refractivity contribution in [3.8, 4) is 5.75 Å². The van der Waals surface area contributed by atoms with Crippen LogP contribution < -0.4 is 10.1 Å². The molecule has 1 rings (SSSR count). The molecule has 0 saturated carbocycles. The third kappa shape index (κ3) is 6.25. The Balaban J connectivity index is 2.20. The summed E-state index contributed by atoms with van der Waals surface area (Å²) >= 11 is 0. The quantitative estimate of drug-likeness (QED) is 0.741. The van der Waals surface area contributed by atoms with E-state index in [0.717, 1.165) is 5.75 Å². The summed E-state index contributed by atoms with van der Waals surface area (Å²) in [4.78, 5) is 11.4. The fraction of sp³-hybridized carbons (Fsp3) is 0.533. The largest absolute Gasteiger partial charge is 0.494 e. The van der Waals surface area contributed by atoms with Crippen LogP contribution >= 0.6 is 0 Å². The topological polar surface area (TPSA) is 58.6 Å². The Morgan fingerprint density at radius 1 is 1.37 bits per heavy atom. The van der Waals surface area contributed by atoms with Crippen LogP contribution in [0.2, 0.25) is 0 Å². The highest BCUT2D eigenvalue weighted by Gasteiger charge is 2.03. The first-order chi connectivity index (χ1) is 8.99. The molecule has 0 aliphatic carbocycles. The number of ether oxygens (including phenoxy) is 1. The van der Waals surface area contributed by atoms with Crippen LogP contribution in [0.1, 0.15) is 30.9 Å². The molecule has 1 atom stereocenters. The molecular formula is C15H23NO3. The molecule has 0 aliphatic rings. The molecule has 1 aromatic carbocycles. The van der Waals surface area contributed by atoms with Gasteiger partial charge in [-0.05, 0) is 50.5 Å². The van der Waals surface area contributed by atoms with E-state index in [9.17, 15) is 4.79 Å². The molecule has 4 nitrogen and oxygen atoms in total. The third-order valence-electron chi connectivity index (χ3n) is 2.89. The van der Waals surface area contributed by atoms with Gasteiger partial charge in [-0.15, -0.1) is 0 Å². The summed E-state index contributed by atoms with van der Waals surface area (Å²) < 4.78 is 5.59. The Labute approximate surface area is 114 Å². The van der Waals surface area contributed by atoms with Gasteiger partial charge in [-0.3, -0.25) is 4.79 Å². The van der Waals surface area contributed by atoms with E-state index >= 15 is 0 Å². The van der Waals surface area contributed by atoms with Gasteiger partial charge in [0.05, 0.1) is 12.7 Å². The summed E-state index contributed by atoms with van der Waals surface area (Å²) in [5.41, 5.74) is 2.44. The highest BCUT2D eigenvalue weighted by molar-refractivity contribution is 5.75. The van der Waals surface area contributed by atoms with Gasteiger partial charge in [-0.2, -0.15) is 0 Å². The Hall–Kier alpha value is -1.55. The van der Waals surface area contributed by atoms with Gasteiger partial charge >= 0.3 is 0 Å². The van der Waals surface area contributed by atoms with Crippen LogP contribution in [0.15, 0.2) is 18.2 Å². The monoisotopic (exact) mass is 265 g/mol. The molecular weight excluding hydrogens is 242 g/mol. The number of hydrogen-bond acceptors (Lipinski definition) is 3. The van der Waals surface area contributed by atoms with Crippen molar-refractivity contribution in [3.63, 3.8) is 0 Å². The number of carbonyl (C=O) groups is 1. The smallest absolute Gasteiger partial charge is 0.220 e. The number of rotatable bonds is 7. The first-order valence-electron chi connectivity index (χ1n) is 6.64. The summed E-state index contributed by atoms with van der Waals surface area (Å²) in [6.45, 7) is 6.57. The second-order valence-electron chi connectivity index (χ2n) is 4.85. The van der Waals surface area contributed by atoms with Crippen LogP contribution in [-0.2, 0) is 4.79 Å². The maximum atomic E-state index is 11.4. The van der Waals surface area contributed by atoms with Gasteiger partial charge in [0.1, 0.15) is 5.75 Å². The van der Waals surface area contributed by atoms with Gasteiger partial charge in [-0.1, -0.05) is 6.07 Å². The van der Waals surface area contributed by atoms with Crippen LogP contribution in [0.5, 0.6) is 5.75 Å². The number of aliphatic hydroxyl groups excluding tert-OH is 1. The summed E-state index contributed by atoms with van der Waals surface area (Å²) in [7, 11) is 0. The molecule has 0 bridgehead atoms. The van der Waals surface area contributed by atoms with E-state index in [2.05, 4.69) is 12.2 Å². The predicted molar refractivity (Wildman–Crippen MR) is 75.3 cm³/mol. The zero-order valence-electron chi connectivity index (χ0n) is 11.9. The zero-order chi connectivity index (χ0) is 14.3. The number of nitrogens with one attached hydrogen (secondary N) is 1. The van der Waals surface area contributed by atoms with Crippen LogP contribution in [-0.4, -0.2) is 30.3 Å². The maximum Gasteiger partial charge on any atom is 0.220 e. The molecule has 1 aromatic rings. The zero-order valence-corrected chi connectivity index (χ0v) is 11.9. The van der Waals surface area contributed by atoms with Crippen molar-refractivity contribution in [1.29, 1.82) is 0 Å². The molecule has 0 spiro atoms. The molecule has 0 radical (unpaired) electrons. The number of aliphatic hydroxyl groups is 1. The standard InChI is InChI=1S/C15H23NO3/c1-11-6-7-14(9-12(11)2)19-8-4-5-15(18)16-10-13(3)17/h6-7,9,13,17H,4-5,8,10H2,1-3H3,(H,16,18). The Morgan fingerprint density at radius 2 is 2.11 bits per heavy atom. The number of benzene rings is 1. The molecule has 19 heavy (non-hydrogen) atoms. The average Bonchev–Trinajstić information content (AvgIpc) is 2.36. The molecule has 4 heteroatoms. The minimum absolute atomic E-state index is 0.0513. The lowest BCUT2D eigenvalue weighted by Gasteiger charge is -2.09. The number of amides is 1. The van der Waals surface area contributed by atoms with E-state index < -0.39 is 6.10 Å². The van der Waals surface area contributed by atoms with Crippen molar-refractivity contribution in [2.45, 2.75) is 39.7 Å². The molecule has 106 valence electrons. The SMILES string of the molecule is Cc1ccc(OCCCC(=O)NCC(C)O)cc1C. The first kappa shape index (κ1) is 15.5. The molecule has 0 fully saturated rings. The molecule has 0 aliphatic heterocycles. The van der Waals surface area contributed by atoms with Crippen molar-refractivity contribution in [3.05, 3.63) is 29.3 Å². The Bertz CT molecular complexity index is 416. The lowest BCUT2D eigenvalue weighted by molar-refractivity contribution is -0.121. The van der Waals surface area contributed by atoms with Crippen molar-refractivity contribution >= 4 is 5.91 Å². The van der Waals surface area contributed by atoms with Gasteiger partial charge in [0.2, 0.25) is 5.91 Å². The molecule has 0 saturated heterocycles. The molecule has 1 amide bonds. The summed E-state index contributed by atoms with van der Waals surface area (Å²) in [5, 5.41) is 11.7. The molecule has 1 unspecified atom stereocenters. The highest BCUT2D eigenvalue weighted by Crippen LogP contribution is 2.16. The van der Waals surface area contributed by atoms with Crippen LogP contribution in [0, 0.1) is 13.8 Å². The lowest BCUT2D eigenvalue weighted by Crippen LogP contribution is -2.30. The van der Waals surface area contributed by atoms with Crippen molar-refractivity contribution in [1.82, 2.24) is 5.32 Å². The molecule has 0 heterocycles. The van der Waals surface area contributed by atoms with Gasteiger partial charge in [0.25, 0.3) is 0 Å². The average molecular weight is 265 g/mol. The van der Waals surface area contributed by atoms with Gasteiger partial charge in [0.15, 0.2) is 0 Å². The van der Waals surface area contributed by atoms with E-state index in [1.807, 2.05) is 25.1 Å². The third-order valence-corrected chi connectivity index (χ3v) is 2.89. The van der Waals surface area contributed by atoms with Gasteiger partial charge < -0.3 is 15.2 Å². The van der Waals surface area contributed by atoms with Crippen LogP contribution in [0.3, 0.4) is 0 Å². The predicted octanol–water partition coefficient (Wildman–Crippen LogP) is 1.96. The second-order valence-corrected chi connectivity index (χ2v) is 4.85. The molecule has 0 aromatic heterocycles. The lowest BCUT2D eigenvalue weighted by atomic mass is 10.1. The normalized spacial score (nSPS) is 12.0. The van der Waals surface area contributed by atoms with Crippen molar-refractivity contribution in [2.75, 3.05) is 13.2 Å². The summed E-state index contributed by atoms with van der Waals surface area (Å²) in [6.07, 6.45) is 0.576. The Morgan fingerprint density at radius 3 is 2.74 bits per heavy atom. The van der Waals surface area contributed by atoms with Crippen molar-refractivity contribution in [2.24, 2.45) is 0 Å². The highest BCUT2D eigenvalue weighted by atomic mass is 16.5. The fourth-order valence-corrected chi connectivity index (χ4v) is 1.58. The van der Waals surface area contributed by atoms with E-state index in [4.69, 9.17) is 9.84 Å². The number of carbonyl (C=O) groups excluding carboxylic acids is 1. The van der Waals surface area contributed by atoms with E-state index in [0.29, 0.717) is 26.0 Å². The first-order valence-corrected chi connectivity index (χ1v) is 6.64. The van der Waals surface area contributed by atoms with Crippen LogP contribution in [0.25, 0.3) is 0 Å². The number of hydrogen-bond donors (Lipinski definition) is 2. The van der Waals surface area contributed by atoms with E-state index in [1.54, 1.807) is 6.92 Å². The van der Waals surface area contributed by atoms with E-state index in [-0.39, 0.29) is 5.91 Å². The summed E-state index contributed by atoms with van der Waals surface area (Å²) in [5.74, 6) is 0.789. The van der Waals surface area contributed by atoms with Gasteiger partial charge in [-0.25, -0.2) is 0 Å².